The molecular weight excluding hydrogens is 216 g/mol. The number of benzene rings is 1. The van der Waals surface area contributed by atoms with Crippen molar-refractivity contribution in [2.24, 2.45) is 5.73 Å². The molecule has 1 fully saturated rings. The Kier molecular flexibility index (Phi) is 3.64. The first-order chi connectivity index (χ1) is 8.24. The highest BCUT2D eigenvalue weighted by molar-refractivity contribution is 5.70. The van der Waals surface area contributed by atoms with Gasteiger partial charge in [-0.2, -0.15) is 0 Å². The molecule has 4 nitrogen and oxygen atoms in total. The van der Waals surface area contributed by atoms with Crippen LogP contribution in [0.25, 0.3) is 0 Å². The number of nitrogens with zero attached hydrogens (tertiary/aromatic N) is 1. The zero-order valence-corrected chi connectivity index (χ0v) is 10.1. The Labute approximate surface area is 101 Å². The van der Waals surface area contributed by atoms with Crippen LogP contribution in [0.4, 0.5) is 4.79 Å². The second-order valence-electron chi connectivity index (χ2n) is 4.20. The molecule has 1 amide bonds. The van der Waals surface area contributed by atoms with Gasteiger partial charge in [0.2, 0.25) is 0 Å². The van der Waals surface area contributed by atoms with E-state index in [1.807, 2.05) is 12.1 Å². The summed E-state index contributed by atoms with van der Waals surface area (Å²) in [6.07, 6.45) is 0.601. The van der Waals surface area contributed by atoms with E-state index in [0.717, 1.165) is 12.0 Å². The minimum absolute atomic E-state index is 0.153. The fraction of sp³-hybridized carbons (Fsp3) is 0.462. The highest BCUT2D eigenvalue weighted by Gasteiger charge is 2.31. The Hall–Kier alpha value is -1.55. The number of nitrogens with two attached hydrogens (primary N) is 1. The van der Waals surface area contributed by atoms with Gasteiger partial charge in [-0.1, -0.05) is 31.2 Å². The number of hydrogen-bond acceptors (Lipinski definition) is 3. The normalized spacial score (nSPS) is 19.5. The van der Waals surface area contributed by atoms with Gasteiger partial charge in [-0.3, -0.25) is 0 Å². The van der Waals surface area contributed by atoms with E-state index < -0.39 is 0 Å². The van der Waals surface area contributed by atoms with Crippen molar-refractivity contribution >= 4 is 6.09 Å². The zero-order valence-electron chi connectivity index (χ0n) is 10.1. The molecule has 2 rings (SSSR count). The predicted molar refractivity (Wildman–Crippen MR) is 65.7 cm³/mol. The summed E-state index contributed by atoms with van der Waals surface area (Å²) in [6, 6.07) is 8.22. The summed E-state index contributed by atoms with van der Waals surface area (Å²) in [5, 5.41) is 0. The van der Waals surface area contributed by atoms with E-state index in [2.05, 4.69) is 19.1 Å². The van der Waals surface area contributed by atoms with E-state index in [4.69, 9.17) is 10.5 Å². The maximum Gasteiger partial charge on any atom is 0.410 e. The summed E-state index contributed by atoms with van der Waals surface area (Å²) >= 11 is 0. The molecule has 2 N–H and O–H groups in total. The van der Waals surface area contributed by atoms with Crippen molar-refractivity contribution in [3.63, 3.8) is 0 Å². The largest absolute Gasteiger partial charge is 0.439 e. The molecular formula is C13H18N2O2. The standard InChI is InChI=1S/C13H18N2O2/c1-2-10-3-5-11(6-4-10)12-9-15(8-7-14)13(16)17-12/h3-6,12H,2,7-9,14H2,1H3. The third-order valence-corrected chi connectivity index (χ3v) is 3.05. The molecule has 4 heteroatoms. The van der Waals surface area contributed by atoms with Crippen LogP contribution in [0, 0.1) is 0 Å². The van der Waals surface area contributed by atoms with Gasteiger partial charge in [-0.25, -0.2) is 4.79 Å². The summed E-state index contributed by atoms with van der Waals surface area (Å²) in [5.41, 5.74) is 7.78. The molecule has 1 aromatic carbocycles. The van der Waals surface area contributed by atoms with Crippen LogP contribution in [-0.2, 0) is 11.2 Å². The summed E-state index contributed by atoms with van der Waals surface area (Å²) in [4.78, 5) is 13.2. The van der Waals surface area contributed by atoms with Gasteiger partial charge in [0, 0.05) is 13.1 Å². The van der Waals surface area contributed by atoms with E-state index in [1.54, 1.807) is 4.90 Å². The van der Waals surface area contributed by atoms with Crippen LogP contribution in [0.1, 0.15) is 24.2 Å². The molecule has 0 aromatic heterocycles. The molecule has 0 spiro atoms. The van der Waals surface area contributed by atoms with Crippen LogP contribution >= 0.6 is 0 Å². The van der Waals surface area contributed by atoms with Crippen molar-refractivity contribution in [2.45, 2.75) is 19.4 Å². The van der Waals surface area contributed by atoms with Crippen LogP contribution in [0.2, 0.25) is 0 Å². The van der Waals surface area contributed by atoms with E-state index in [1.165, 1.54) is 5.56 Å². The molecule has 0 bridgehead atoms. The molecule has 1 unspecified atom stereocenters. The molecule has 1 aromatic rings. The molecule has 0 radical (unpaired) electrons. The Morgan fingerprint density at radius 1 is 1.41 bits per heavy atom. The number of amides is 1. The Bertz CT molecular complexity index is 389. The van der Waals surface area contributed by atoms with Crippen molar-refractivity contribution in [3.8, 4) is 0 Å². The first-order valence-electron chi connectivity index (χ1n) is 5.99. The smallest absolute Gasteiger partial charge is 0.410 e. The summed E-state index contributed by atoms with van der Waals surface area (Å²) < 4.78 is 5.32. The molecule has 1 saturated heterocycles. The van der Waals surface area contributed by atoms with E-state index >= 15 is 0 Å². The van der Waals surface area contributed by atoms with Gasteiger partial charge in [0.05, 0.1) is 6.54 Å². The minimum atomic E-state index is -0.264. The van der Waals surface area contributed by atoms with Gasteiger partial charge >= 0.3 is 6.09 Å². The monoisotopic (exact) mass is 234 g/mol. The Morgan fingerprint density at radius 3 is 2.71 bits per heavy atom. The maximum atomic E-state index is 11.5. The SMILES string of the molecule is CCc1ccc(C2CN(CCN)C(=O)O2)cc1. The lowest BCUT2D eigenvalue weighted by molar-refractivity contribution is 0.133. The van der Waals surface area contributed by atoms with Gasteiger partial charge in [0.25, 0.3) is 0 Å². The van der Waals surface area contributed by atoms with E-state index in [9.17, 15) is 4.79 Å². The molecule has 1 heterocycles. The lowest BCUT2D eigenvalue weighted by atomic mass is 10.1. The average molecular weight is 234 g/mol. The average Bonchev–Trinajstić information content (AvgIpc) is 2.72. The zero-order chi connectivity index (χ0) is 12.3. The third kappa shape index (κ3) is 2.58. The predicted octanol–water partition coefficient (Wildman–Crippen LogP) is 1.70. The van der Waals surface area contributed by atoms with Crippen LogP contribution in [0.15, 0.2) is 24.3 Å². The highest BCUT2D eigenvalue weighted by Crippen LogP contribution is 2.25. The van der Waals surface area contributed by atoms with E-state index in [-0.39, 0.29) is 12.2 Å². The molecule has 92 valence electrons. The molecule has 0 aliphatic carbocycles. The van der Waals surface area contributed by atoms with Crippen molar-refractivity contribution in [1.29, 1.82) is 0 Å². The topological polar surface area (TPSA) is 55.6 Å². The third-order valence-electron chi connectivity index (χ3n) is 3.05. The Balaban J connectivity index is 2.06. The fourth-order valence-corrected chi connectivity index (χ4v) is 1.99. The minimum Gasteiger partial charge on any atom is -0.439 e. The number of carbonyl (C=O) groups excluding carboxylic acids is 1. The quantitative estimate of drug-likeness (QED) is 0.862. The van der Waals surface area contributed by atoms with E-state index in [0.29, 0.717) is 19.6 Å². The molecule has 17 heavy (non-hydrogen) atoms. The summed E-state index contributed by atoms with van der Waals surface area (Å²) in [5.74, 6) is 0. The molecule has 1 aliphatic heterocycles. The van der Waals surface area contributed by atoms with Crippen LogP contribution in [-0.4, -0.2) is 30.6 Å². The summed E-state index contributed by atoms with van der Waals surface area (Å²) in [6.45, 7) is 3.74. The summed E-state index contributed by atoms with van der Waals surface area (Å²) in [7, 11) is 0. The van der Waals surface area contributed by atoms with Crippen molar-refractivity contribution in [1.82, 2.24) is 4.90 Å². The van der Waals surface area contributed by atoms with Crippen molar-refractivity contribution in [3.05, 3.63) is 35.4 Å². The van der Waals surface area contributed by atoms with Gasteiger partial charge in [-0.05, 0) is 17.5 Å². The second kappa shape index (κ2) is 5.19. The van der Waals surface area contributed by atoms with Crippen LogP contribution < -0.4 is 5.73 Å². The van der Waals surface area contributed by atoms with Gasteiger partial charge in [0.15, 0.2) is 0 Å². The highest BCUT2D eigenvalue weighted by atomic mass is 16.6. The number of rotatable bonds is 4. The van der Waals surface area contributed by atoms with Gasteiger partial charge < -0.3 is 15.4 Å². The lowest BCUT2D eigenvalue weighted by Gasteiger charge is -2.11. The lowest BCUT2D eigenvalue weighted by Crippen LogP contribution is -2.30. The first-order valence-corrected chi connectivity index (χ1v) is 5.99. The van der Waals surface area contributed by atoms with Crippen molar-refractivity contribution < 1.29 is 9.53 Å². The number of hydrogen-bond donors (Lipinski definition) is 1. The number of ether oxygens (including phenoxy) is 1. The number of carbonyl (C=O) groups is 1. The van der Waals surface area contributed by atoms with Crippen molar-refractivity contribution in [2.75, 3.05) is 19.6 Å². The molecule has 1 aliphatic rings. The fourth-order valence-electron chi connectivity index (χ4n) is 1.99. The number of cyclic esters (lactones) is 1. The number of aryl methyl sites for hydroxylation is 1. The Morgan fingerprint density at radius 2 is 2.12 bits per heavy atom. The van der Waals surface area contributed by atoms with Gasteiger partial charge in [0.1, 0.15) is 6.10 Å². The van der Waals surface area contributed by atoms with Crippen LogP contribution in [0.5, 0.6) is 0 Å². The van der Waals surface area contributed by atoms with Crippen LogP contribution in [0.3, 0.4) is 0 Å². The molecule has 0 saturated carbocycles. The first kappa shape index (κ1) is 11.9. The maximum absolute atomic E-state index is 11.5. The van der Waals surface area contributed by atoms with Gasteiger partial charge in [-0.15, -0.1) is 0 Å². The molecule has 1 atom stereocenters. The second-order valence-corrected chi connectivity index (χ2v) is 4.20.